The van der Waals surface area contributed by atoms with Crippen molar-refractivity contribution in [2.75, 3.05) is 23.8 Å². The number of anilines is 4. The minimum atomic E-state index is -1.02. The number of nitrogens with one attached hydrogen (secondary N) is 3. The second kappa shape index (κ2) is 23.9. The molecule has 0 fully saturated rings. The fraction of sp³-hybridized carbons (Fsp3) is 0.125. The van der Waals surface area contributed by atoms with E-state index in [1.165, 1.54) is 48.7 Å². The maximum absolute atomic E-state index is 13.3. The minimum absolute atomic E-state index is 0.0552. The summed E-state index contributed by atoms with van der Waals surface area (Å²) < 4.78 is 29.7. The van der Waals surface area contributed by atoms with E-state index in [-0.39, 0.29) is 52.7 Å². The summed E-state index contributed by atoms with van der Waals surface area (Å²) in [6.45, 7) is 3.31. The maximum Gasteiger partial charge on any atom is 0.337 e. The summed E-state index contributed by atoms with van der Waals surface area (Å²) in [5.41, 5.74) is 10.1. The SMILES string of the molecule is Cc1cnc(Nc2ccc(F)cc2Cl)nc1-n1ccc(C(=O)N[C@H](CO)c2cccc(Cl)c2)c1.Cc1cnc(Nc2ccc(F)cc2Cl)nc1-n1ccc(C(=O)O)c1.N[C@H](CO)c1cccc(Cl)c1. The summed E-state index contributed by atoms with van der Waals surface area (Å²) in [7, 11) is 0. The molecule has 356 valence electrons. The number of rotatable bonds is 13. The molecule has 4 aromatic heterocycles. The smallest absolute Gasteiger partial charge is 0.337 e. The lowest BCUT2D eigenvalue weighted by molar-refractivity contribution is 0.0696. The molecule has 0 saturated carbocycles. The summed E-state index contributed by atoms with van der Waals surface area (Å²) in [6.07, 6.45) is 9.63. The second-order valence-electron chi connectivity index (χ2n) is 14.9. The number of benzene rings is 4. The molecule has 15 nitrogen and oxygen atoms in total. The molecule has 0 unspecified atom stereocenters. The van der Waals surface area contributed by atoms with E-state index in [4.69, 9.17) is 62.4 Å². The monoisotopic (exact) mass is 1020 g/mol. The van der Waals surface area contributed by atoms with Crippen molar-refractivity contribution in [1.82, 2.24) is 34.4 Å². The van der Waals surface area contributed by atoms with E-state index in [1.54, 1.807) is 82.6 Å². The van der Waals surface area contributed by atoms with Gasteiger partial charge >= 0.3 is 5.97 Å². The molecule has 0 radical (unpaired) electrons. The van der Waals surface area contributed by atoms with Crippen LogP contribution in [0.25, 0.3) is 11.6 Å². The second-order valence-corrected chi connectivity index (χ2v) is 16.6. The Morgan fingerprint density at radius 1 is 0.667 bits per heavy atom. The zero-order valence-electron chi connectivity index (χ0n) is 36.5. The highest BCUT2D eigenvalue weighted by molar-refractivity contribution is 6.33. The van der Waals surface area contributed by atoms with E-state index in [9.17, 15) is 23.5 Å². The van der Waals surface area contributed by atoms with Crippen molar-refractivity contribution >= 4 is 81.6 Å². The average molecular weight is 1020 g/mol. The molecule has 0 saturated heterocycles. The van der Waals surface area contributed by atoms with Crippen LogP contribution in [0.3, 0.4) is 0 Å². The lowest BCUT2D eigenvalue weighted by atomic mass is 10.1. The molecule has 0 aliphatic rings. The largest absolute Gasteiger partial charge is 0.478 e. The summed E-state index contributed by atoms with van der Waals surface area (Å²) in [5.74, 6) is -0.674. The van der Waals surface area contributed by atoms with Gasteiger partial charge in [0.15, 0.2) is 0 Å². The van der Waals surface area contributed by atoms with Crippen molar-refractivity contribution in [1.29, 1.82) is 0 Å². The van der Waals surface area contributed by atoms with Crippen LogP contribution in [0.1, 0.15) is 55.1 Å². The number of aliphatic hydroxyl groups excluding tert-OH is 2. The van der Waals surface area contributed by atoms with Gasteiger partial charge in [0.05, 0.1) is 57.8 Å². The molecule has 0 aliphatic heterocycles. The number of hydrogen-bond acceptors (Lipinski definition) is 11. The maximum atomic E-state index is 13.3. The van der Waals surface area contributed by atoms with Crippen molar-refractivity contribution < 1.29 is 33.7 Å². The van der Waals surface area contributed by atoms with Gasteiger partial charge in [0.1, 0.15) is 23.3 Å². The van der Waals surface area contributed by atoms with Crippen LogP contribution in [0.15, 0.2) is 134 Å². The van der Waals surface area contributed by atoms with Crippen LogP contribution >= 0.6 is 46.4 Å². The molecular formula is C48H42Cl4F2N10O5. The van der Waals surface area contributed by atoms with Gasteiger partial charge in [-0.05, 0) is 97.8 Å². The minimum Gasteiger partial charge on any atom is -0.478 e. The number of aromatic nitrogens is 6. The van der Waals surface area contributed by atoms with Crippen LogP contribution in [0.2, 0.25) is 20.1 Å². The number of carbonyl (C=O) groups excluding carboxylic acids is 1. The molecule has 8 N–H and O–H groups in total. The molecule has 8 aromatic rings. The zero-order valence-corrected chi connectivity index (χ0v) is 39.5. The Hall–Kier alpha value is -6.96. The third kappa shape index (κ3) is 14.1. The normalized spacial score (nSPS) is 11.6. The van der Waals surface area contributed by atoms with Crippen LogP contribution in [-0.2, 0) is 0 Å². The van der Waals surface area contributed by atoms with Gasteiger partial charge in [0.2, 0.25) is 11.9 Å². The Balaban J connectivity index is 0.000000193. The summed E-state index contributed by atoms with van der Waals surface area (Å²) in [6, 6.07) is 24.2. The number of carbonyl (C=O) groups is 2. The Kier molecular flexibility index (Phi) is 17.8. The molecule has 0 bridgehead atoms. The van der Waals surface area contributed by atoms with Crippen molar-refractivity contribution in [3.8, 4) is 11.6 Å². The van der Waals surface area contributed by atoms with E-state index in [1.807, 2.05) is 26.0 Å². The molecule has 0 aliphatic carbocycles. The number of aryl methyl sites for hydroxylation is 2. The summed E-state index contributed by atoms with van der Waals surface area (Å²) in [4.78, 5) is 41.1. The first-order chi connectivity index (χ1) is 33.0. The first-order valence-electron chi connectivity index (χ1n) is 20.5. The van der Waals surface area contributed by atoms with Crippen molar-refractivity contribution in [2.45, 2.75) is 25.9 Å². The summed E-state index contributed by atoms with van der Waals surface area (Å²) in [5, 5.41) is 37.7. The predicted octanol–water partition coefficient (Wildman–Crippen LogP) is 10.4. The fourth-order valence-electron chi connectivity index (χ4n) is 6.29. The van der Waals surface area contributed by atoms with Crippen LogP contribution in [0, 0.1) is 25.5 Å². The zero-order chi connectivity index (χ0) is 49.8. The number of carboxylic acid groups (broad SMARTS) is 1. The lowest BCUT2D eigenvalue weighted by Gasteiger charge is -2.16. The highest BCUT2D eigenvalue weighted by atomic mass is 35.5. The van der Waals surface area contributed by atoms with Gasteiger partial charge < -0.3 is 46.1 Å². The van der Waals surface area contributed by atoms with E-state index in [0.717, 1.165) is 16.7 Å². The number of halogens is 6. The van der Waals surface area contributed by atoms with E-state index < -0.39 is 23.6 Å². The standard InChI is InChI=1S/C24H20Cl2FN5O2.C16H12ClFN4O2.C8H10ClNO/c1-14-11-28-24(30-20-6-5-18(27)10-19(20)26)31-22(14)32-8-7-16(12-32)23(34)29-21(13-33)15-3-2-4-17(25)9-15;1-9-7-19-16(20-13-3-2-11(18)6-12(13)17)21-14(9)22-5-4-10(8-22)15(23)24;9-7-3-1-2-6(4-7)8(10)5-11/h2-12,21,33H,13H2,1H3,(H,29,34)(H,28,30,31);2-8H,1H3,(H,23,24)(H,19,20,21);1-4,8,11H,5,10H2/t21-;;8-/m1.1/s1. The number of hydrogen-bond donors (Lipinski definition) is 7. The number of nitrogens with zero attached hydrogens (tertiary/aromatic N) is 6. The van der Waals surface area contributed by atoms with E-state index in [0.29, 0.717) is 44.2 Å². The lowest BCUT2D eigenvalue weighted by Crippen LogP contribution is -2.30. The van der Waals surface area contributed by atoms with Crippen LogP contribution in [-0.4, -0.2) is 69.5 Å². The number of amides is 1. The first-order valence-corrected chi connectivity index (χ1v) is 22.0. The van der Waals surface area contributed by atoms with Crippen molar-refractivity contribution in [3.05, 3.63) is 199 Å². The number of aliphatic hydroxyl groups is 2. The highest BCUT2D eigenvalue weighted by Gasteiger charge is 2.18. The average Bonchev–Trinajstić information content (AvgIpc) is 4.03. The van der Waals surface area contributed by atoms with Gasteiger partial charge in [0.25, 0.3) is 5.91 Å². The van der Waals surface area contributed by atoms with Gasteiger partial charge in [-0.3, -0.25) is 4.79 Å². The Labute approximate surface area is 414 Å². The topological polar surface area (TPSA) is 218 Å². The van der Waals surface area contributed by atoms with Crippen LogP contribution in [0.5, 0.6) is 0 Å². The first kappa shape index (κ1) is 51.4. The van der Waals surface area contributed by atoms with Gasteiger partial charge in [-0.2, -0.15) is 9.97 Å². The van der Waals surface area contributed by atoms with Gasteiger partial charge in [-0.15, -0.1) is 0 Å². The molecule has 4 aromatic carbocycles. The molecule has 8 rings (SSSR count). The number of aromatic carboxylic acids is 1. The van der Waals surface area contributed by atoms with Crippen LogP contribution < -0.4 is 21.7 Å². The van der Waals surface area contributed by atoms with Gasteiger partial charge in [0, 0.05) is 58.4 Å². The molecular weight excluding hydrogens is 976 g/mol. The van der Waals surface area contributed by atoms with Crippen molar-refractivity contribution in [3.63, 3.8) is 0 Å². The van der Waals surface area contributed by atoms with Crippen molar-refractivity contribution in [2.24, 2.45) is 5.73 Å². The third-order valence-electron chi connectivity index (χ3n) is 9.84. The predicted molar refractivity (Wildman–Crippen MR) is 263 cm³/mol. The third-order valence-corrected chi connectivity index (χ3v) is 10.9. The van der Waals surface area contributed by atoms with Crippen LogP contribution in [0.4, 0.5) is 32.1 Å². The Bertz CT molecular complexity index is 3080. The summed E-state index contributed by atoms with van der Waals surface area (Å²) >= 11 is 23.8. The molecule has 69 heavy (non-hydrogen) atoms. The Morgan fingerprint density at radius 3 is 1.59 bits per heavy atom. The fourth-order valence-corrected chi connectivity index (χ4v) is 7.12. The molecule has 0 spiro atoms. The van der Waals surface area contributed by atoms with Gasteiger partial charge in [-0.25, -0.2) is 23.5 Å². The molecule has 4 heterocycles. The van der Waals surface area contributed by atoms with E-state index in [2.05, 4.69) is 35.9 Å². The molecule has 21 heteroatoms. The number of nitrogens with two attached hydrogens (primary N) is 1. The molecule has 2 atom stereocenters. The quantitative estimate of drug-likeness (QED) is 0.0574. The van der Waals surface area contributed by atoms with E-state index >= 15 is 0 Å². The highest BCUT2D eigenvalue weighted by Crippen LogP contribution is 2.28. The number of carboxylic acids is 1. The molecule has 1 amide bonds. The van der Waals surface area contributed by atoms with Gasteiger partial charge in [-0.1, -0.05) is 70.7 Å². The Morgan fingerprint density at radius 2 is 1.14 bits per heavy atom.